The minimum absolute atomic E-state index is 0.760. The number of aromatic nitrogens is 5. The second kappa shape index (κ2) is 4.21. The van der Waals surface area contributed by atoms with E-state index in [0.29, 0.717) is 0 Å². The second-order valence-electron chi connectivity index (χ2n) is 3.65. The van der Waals surface area contributed by atoms with Crippen LogP contribution < -0.4 is 0 Å². The lowest BCUT2D eigenvalue weighted by molar-refractivity contribution is 0.729. The molecule has 0 aliphatic carbocycles. The third-order valence-electron chi connectivity index (χ3n) is 2.51. The van der Waals surface area contributed by atoms with Gasteiger partial charge in [-0.3, -0.25) is 4.68 Å². The predicted octanol–water partition coefficient (Wildman–Crippen LogP) is 1.98. The monoisotopic (exact) mass is 245 g/mol. The molecule has 17 heavy (non-hydrogen) atoms. The lowest BCUT2D eigenvalue weighted by Crippen LogP contribution is -1.97. The largest absolute Gasteiger partial charge is 0.333 e. The lowest BCUT2D eigenvalue weighted by atomic mass is 10.3. The fourth-order valence-corrected chi connectivity index (χ4v) is 2.45. The Morgan fingerprint density at radius 2 is 2.24 bits per heavy atom. The van der Waals surface area contributed by atoms with Gasteiger partial charge in [-0.15, -0.1) is 0 Å². The van der Waals surface area contributed by atoms with Crippen LogP contribution in [0.4, 0.5) is 0 Å². The first kappa shape index (κ1) is 10.3. The Balaban J connectivity index is 1.79. The van der Waals surface area contributed by atoms with E-state index < -0.39 is 0 Å². The zero-order valence-electron chi connectivity index (χ0n) is 9.29. The van der Waals surface area contributed by atoms with Gasteiger partial charge >= 0.3 is 0 Å². The van der Waals surface area contributed by atoms with Crippen molar-refractivity contribution in [1.29, 1.82) is 0 Å². The van der Waals surface area contributed by atoms with E-state index in [2.05, 4.69) is 20.1 Å². The first-order valence-electron chi connectivity index (χ1n) is 5.23. The van der Waals surface area contributed by atoms with Gasteiger partial charge in [0.1, 0.15) is 12.2 Å². The van der Waals surface area contributed by atoms with Crippen LogP contribution >= 0.6 is 11.8 Å². The number of thioether (sulfide) groups is 1. The molecule has 86 valence electrons. The highest BCUT2D eigenvalue weighted by atomic mass is 32.2. The molecule has 0 aliphatic heterocycles. The molecule has 3 aromatic rings. The van der Waals surface area contributed by atoms with Crippen LogP contribution in [0, 0.1) is 0 Å². The first-order valence-corrected chi connectivity index (χ1v) is 6.22. The number of hydrogen-bond acceptors (Lipinski definition) is 4. The van der Waals surface area contributed by atoms with Crippen molar-refractivity contribution in [2.45, 2.75) is 10.9 Å². The van der Waals surface area contributed by atoms with Crippen LogP contribution in [0.2, 0.25) is 0 Å². The second-order valence-corrected chi connectivity index (χ2v) is 4.61. The number of nitrogens with one attached hydrogen (secondary N) is 1. The first-order chi connectivity index (χ1) is 8.33. The molecule has 0 saturated heterocycles. The van der Waals surface area contributed by atoms with E-state index in [1.54, 1.807) is 22.8 Å². The van der Waals surface area contributed by atoms with Crippen LogP contribution in [0.5, 0.6) is 0 Å². The number of benzene rings is 1. The number of H-pyrrole nitrogens is 1. The molecule has 0 saturated carbocycles. The third kappa shape index (κ3) is 2.03. The van der Waals surface area contributed by atoms with Gasteiger partial charge in [0, 0.05) is 7.05 Å². The quantitative estimate of drug-likeness (QED) is 0.717. The van der Waals surface area contributed by atoms with E-state index in [1.165, 1.54) is 0 Å². The van der Waals surface area contributed by atoms with E-state index in [9.17, 15) is 0 Å². The predicted molar refractivity (Wildman–Crippen MR) is 66.7 cm³/mol. The number of imidazole rings is 1. The van der Waals surface area contributed by atoms with Crippen LogP contribution in [0.3, 0.4) is 0 Å². The van der Waals surface area contributed by atoms with E-state index in [0.717, 1.165) is 27.8 Å². The summed E-state index contributed by atoms with van der Waals surface area (Å²) in [7, 11) is 1.89. The van der Waals surface area contributed by atoms with Gasteiger partial charge in [-0.05, 0) is 12.1 Å². The molecule has 0 fully saturated rings. The Morgan fingerprint density at radius 3 is 3.00 bits per heavy atom. The SMILES string of the molecule is Cn1ncnc1CSc1nc2ccccc2[nH]1. The van der Waals surface area contributed by atoms with Gasteiger partial charge in [-0.2, -0.15) is 5.10 Å². The van der Waals surface area contributed by atoms with E-state index >= 15 is 0 Å². The van der Waals surface area contributed by atoms with Crippen molar-refractivity contribution in [3.05, 3.63) is 36.4 Å². The molecule has 0 spiro atoms. The summed E-state index contributed by atoms with van der Waals surface area (Å²) in [6, 6.07) is 8.00. The average Bonchev–Trinajstić information content (AvgIpc) is 2.92. The van der Waals surface area contributed by atoms with E-state index in [1.807, 2.05) is 31.3 Å². The minimum Gasteiger partial charge on any atom is -0.333 e. The lowest BCUT2D eigenvalue weighted by Gasteiger charge is -1.97. The summed E-state index contributed by atoms with van der Waals surface area (Å²) in [6.07, 6.45) is 1.56. The van der Waals surface area contributed by atoms with Crippen molar-refractivity contribution in [3.8, 4) is 0 Å². The number of hydrogen-bond donors (Lipinski definition) is 1. The summed E-state index contributed by atoms with van der Waals surface area (Å²) in [6.45, 7) is 0. The molecule has 0 atom stereocenters. The fraction of sp³-hybridized carbons (Fsp3) is 0.182. The molecular formula is C11H11N5S. The molecule has 1 N–H and O–H groups in total. The molecule has 2 aromatic heterocycles. The Hall–Kier alpha value is -1.82. The van der Waals surface area contributed by atoms with Crippen molar-refractivity contribution in [2.24, 2.45) is 7.05 Å². The Morgan fingerprint density at radius 1 is 1.35 bits per heavy atom. The van der Waals surface area contributed by atoms with Gasteiger partial charge in [-0.1, -0.05) is 23.9 Å². The van der Waals surface area contributed by atoms with E-state index in [4.69, 9.17) is 0 Å². The highest BCUT2D eigenvalue weighted by Gasteiger charge is 2.05. The zero-order valence-corrected chi connectivity index (χ0v) is 10.1. The van der Waals surface area contributed by atoms with Crippen LogP contribution in [0.25, 0.3) is 11.0 Å². The Labute approximate surface area is 102 Å². The number of aryl methyl sites for hydroxylation is 1. The minimum atomic E-state index is 0.760. The summed E-state index contributed by atoms with van der Waals surface area (Å²) in [5.41, 5.74) is 2.06. The highest BCUT2D eigenvalue weighted by molar-refractivity contribution is 7.98. The summed E-state index contributed by atoms with van der Waals surface area (Å²) in [4.78, 5) is 11.9. The van der Waals surface area contributed by atoms with Crippen molar-refractivity contribution >= 4 is 22.8 Å². The van der Waals surface area contributed by atoms with Gasteiger partial charge < -0.3 is 4.98 Å². The number of rotatable bonds is 3. The van der Waals surface area contributed by atoms with Crippen molar-refractivity contribution < 1.29 is 0 Å². The molecule has 6 heteroatoms. The average molecular weight is 245 g/mol. The van der Waals surface area contributed by atoms with Gasteiger partial charge in [0.05, 0.1) is 16.8 Å². The number of fused-ring (bicyclic) bond motifs is 1. The van der Waals surface area contributed by atoms with Crippen LogP contribution in [0.15, 0.2) is 35.7 Å². The van der Waals surface area contributed by atoms with Crippen LogP contribution in [-0.2, 0) is 12.8 Å². The topological polar surface area (TPSA) is 59.4 Å². The molecule has 3 rings (SSSR count). The van der Waals surface area contributed by atoms with Crippen molar-refractivity contribution in [3.63, 3.8) is 0 Å². The fourth-order valence-electron chi connectivity index (χ4n) is 1.58. The maximum Gasteiger partial charge on any atom is 0.166 e. The van der Waals surface area contributed by atoms with Crippen LogP contribution in [-0.4, -0.2) is 24.7 Å². The number of para-hydroxylation sites is 2. The van der Waals surface area contributed by atoms with E-state index in [-0.39, 0.29) is 0 Å². The zero-order chi connectivity index (χ0) is 11.7. The summed E-state index contributed by atoms with van der Waals surface area (Å²) in [5.74, 6) is 1.70. The van der Waals surface area contributed by atoms with Gasteiger partial charge in [0.2, 0.25) is 0 Å². The maximum atomic E-state index is 4.49. The standard InChI is InChI=1S/C11H11N5S/c1-16-10(12-7-13-16)6-17-11-14-8-4-2-3-5-9(8)15-11/h2-5,7H,6H2,1H3,(H,14,15). The third-order valence-corrected chi connectivity index (χ3v) is 3.38. The highest BCUT2D eigenvalue weighted by Crippen LogP contribution is 2.21. The maximum absolute atomic E-state index is 4.49. The molecular weight excluding hydrogens is 234 g/mol. The van der Waals surface area contributed by atoms with Crippen molar-refractivity contribution in [1.82, 2.24) is 24.7 Å². The summed E-state index contributed by atoms with van der Waals surface area (Å²) in [5, 5.41) is 4.94. The molecule has 0 aliphatic rings. The smallest absolute Gasteiger partial charge is 0.166 e. The number of nitrogens with zero attached hydrogens (tertiary/aromatic N) is 4. The summed E-state index contributed by atoms with van der Waals surface area (Å²) >= 11 is 1.63. The summed E-state index contributed by atoms with van der Waals surface area (Å²) < 4.78 is 1.77. The molecule has 0 bridgehead atoms. The molecule has 0 unspecified atom stereocenters. The molecule has 0 amide bonds. The van der Waals surface area contributed by atoms with Gasteiger partial charge in [-0.25, -0.2) is 9.97 Å². The molecule has 0 radical (unpaired) electrons. The normalized spacial score (nSPS) is 11.1. The molecule has 5 nitrogen and oxygen atoms in total. The van der Waals surface area contributed by atoms with Crippen LogP contribution in [0.1, 0.15) is 5.82 Å². The Bertz CT molecular complexity index is 609. The molecule has 2 heterocycles. The van der Waals surface area contributed by atoms with Gasteiger partial charge in [0.25, 0.3) is 0 Å². The molecule has 1 aromatic carbocycles. The Kier molecular flexibility index (Phi) is 2.56. The number of aromatic amines is 1. The van der Waals surface area contributed by atoms with Crippen molar-refractivity contribution in [2.75, 3.05) is 0 Å². The van der Waals surface area contributed by atoms with Gasteiger partial charge in [0.15, 0.2) is 5.16 Å².